The van der Waals surface area contributed by atoms with E-state index >= 15 is 0 Å². The van der Waals surface area contributed by atoms with Gasteiger partial charge in [-0.1, -0.05) is 12.1 Å². The zero-order valence-electron chi connectivity index (χ0n) is 16.3. The number of rotatable bonds is 8. The maximum absolute atomic E-state index is 10.2. The molecule has 1 aromatic carbocycles. The van der Waals surface area contributed by atoms with Crippen molar-refractivity contribution in [1.82, 2.24) is 10.2 Å². The number of likely N-dealkylation sites (tertiary alicyclic amines) is 1. The summed E-state index contributed by atoms with van der Waals surface area (Å²) in [5.74, 6) is 1.63. The number of aliphatic hydroxyl groups excluding tert-OH is 1. The largest absolute Gasteiger partial charge is 0.491 e. The summed E-state index contributed by atoms with van der Waals surface area (Å²) in [7, 11) is 0. The fraction of sp³-hybridized carbons (Fsp3) is 0.650. The van der Waals surface area contributed by atoms with Crippen LogP contribution in [0.25, 0.3) is 0 Å². The van der Waals surface area contributed by atoms with E-state index in [4.69, 9.17) is 9.47 Å². The molecule has 1 aliphatic heterocycles. The zero-order chi connectivity index (χ0) is 18.8. The third-order valence-electron chi connectivity index (χ3n) is 4.36. The molecule has 1 atom stereocenters. The van der Waals surface area contributed by atoms with E-state index in [0.717, 1.165) is 56.4 Å². The second-order valence-corrected chi connectivity index (χ2v) is 6.62. The quantitative estimate of drug-likeness (QED) is 0.548. The second kappa shape index (κ2) is 11.0. The Kier molecular flexibility index (Phi) is 8.71. The second-order valence-electron chi connectivity index (χ2n) is 6.62. The number of piperidine rings is 1. The number of guanidine groups is 1. The molecule has 1 aliphatic rings. The highest BCUT2D eigenvalue weighted by Gasteiger charge is 2.21. The number of nitrogens with zero attached hydrogens (tertiary/aromatic N) is 2. The summed E-state index contributed by atoms with van der Waals surface area (Å²) in [6, 6.07) is 7.83. The summed E-state index contributed by atoms with van der Waals surface area (Å²) in [6.07, 6.45) is 1.74. The number of benzene rings is 1. The number of nitrogens with one attached hydrogen (secondary N) is 1. The molecular weight excluding hydrogens is 330 g/mol. The molecule has 0 bridgehead atoms. The highest BCUT2D eigenvalue weighted by atomic mass is 16.5. The lowest BCUT2D eigenvalue weighted by molar-refractivity contribution is 0.0263. The van der Waals surface area contributed by atoms with E-state index in [-0.39, 0.29) is 6.61 Å². The molecule has 0 aliphatic carbocycles. The van der Waals surface area contributed by atoms with Crippen LogP contribution in [0.2, 0.25) is 0 Å². The average molecular weight is 364 g/mol. The average Bonchev–Trinajstić information content (AvgIpc) is 2.64. The molecule has 26 heavy (non-hydrogen) atoms. The lowest BCUT2D eigenvalue weighted by Crippen LogP contribution is -2.47. The third kappa shape index (κ3) is 6.84. The van der Waals surface area contributed by atoms with Gasteiger partial charge in [-0.3, -0.25) is 4.99 Å². The van der Waals surface area contributed by atoms with Crippen LogP contribution in [-0.4, -0.2) is 67.6 Å². The summed E-state index contributed by atoms with van der Waals surface area (Å²) < 4.78 is 11.4. The van der Waals surface area contributed by atoms with Crippen LogP contribution in [0.15, 0.2) is 29.3 Å². The maximum atomic E-state index is 10.2. The topological polar surface area (TPSA) is 66.3 Å². The van der Waals surface area contributed by atoms with Crippen molar-refractivity contribution < 1.29 is 14.6 Å². The number of aliphatic imine (C=N–C) groups is 1. The zero-order valence-corrected chi connectivity index (χ0v) is 16.3. The fourth-order valence-electron chi connectivity index (χ4n) is 3.04. The molecule has 6 nitrogen and oxygen atoms in total. The Morgan fingerprint density at radius 2 is 2.12 bits per heavy atom. The van der Waals surface area contributed by atoms with Crippen molar-refractivity contribution in [2.24, 2.45) is 4.99 Å². The number of aryl methyl sites for hydroxylation is 1. The Balaban J connectivity index is 1.82. The van der Waals surface area contributed by atoms with E-state index in [9.17, 15) is 5.11 Å². The first-order valence-corrected chi connectivity index (χ1v) is 9.64. The Bertz CT molecular complexity index is 557. The smallest absolute Gasteiger partial charge is 0.194 e. The molecule has 1 unspecified atom stereocenters. The van der Waals surface area contributed by atoms with Gasteiger partial charge < -0.3 is 24.8 Å². The van der Waals surface area contributed by atoms with E-state index in [1.807, 2.05) is 38.1 Å². The van der Waals surface area contributed by atoms with Gasteiger partial charge in [-0.15, -0.1) is 0 Å². The Labute approximate surface area is 157 Å². The standard InChI is InChI=1S/C20H33N3O3/c1-4-21-20(23-11-9-18(10-12-23)25-5-2)22-14-17(24)15-26-19-8-6-7-16(3)13-19/h6-8,13,17-18,24H,4-5,9-12,14-15H2,1-3H3,(H,21,22). The highest BCUT2D eigenvalue weighted by Crippen LogP contribution is 2.14. The van der Waals surface area contributed by atoms with Crippen molar-refractivity contribution in [3.63, 3.8) is 0 Å². The normalized spacial score (nSPS) is 17.2. The molecule has 2 N–H and O–H groups in total. The summed E-state index contributed by atoms with van der Waals surface area (Å²) in [4.78, 5) is 6.84. The van der Waals surface area contributed by atoms with Crippen molar-refractivity contribution in [1.29, 1.82) is 0 Å². The molecule has 0 aromatic heterocycles. The first-order valence-electron chi connectivity index (χ1n) is 9.64. The van der Waals surface area contributed by atoms with E-state index in [0.29, 0.717) is 12.6 Å². The molecule has 0 radical (unpaired) electrons. The molecule has 146 valence electrons. The molecule has 1 saturated heterocycles. The molecule has 0 spiro atoms. The van der Waals surface area contributed by atoms with Crippen LogP contribution < -0.4 is 10.1 Å². The van der Waals surface area contributed by atoms with E-state index in [2.05, 4.69) is 22.1 Å². The van der Waals surface area contributed by atoms with Gasteiger partial charge in [0.25, 0.3) is 0 Å². The number of hydrogen-bond donors (Lipinski definition) is 2. The number of aliphatic hydroxyl groups is 1. The van der Waals surface area contributed by atoms with Crippen molar-refractivity contribution in [2.45, 2.75) is 45.8 Å². The predicted octanol–water partition coefficient (Wildman–Crippen LogP) is 2.20. The van der Waals surface area contributed by atoms with Crippen LogP contribution in [0, 0.1) is 6.92 Å². The van der Waals surface area contributed by atoms with Crippen LogP contribution in [0.3, 0.4) is 0 Å². The summed E-state index contributed by atoms with van der Waals surface area (Å²) in [5.41, 5.74) is 1.14. The fourth-order valence-corrected chi connectivity index (χ4v) is 3.04. The first-order chi connectivity index (χ1) is 12.6. The van der Waals surface area contributed by atoms with E-state index in [1.54, 1.807) is 0 Å². The van der Waals surface area contributed by atoms with Gasteiger partial charge in [0.2, 0.25) is 0 Å². The van der Waals surface area contributed by atoms with Gasteiger partial charge in [0.1, 0.15) is 18.5 Å². The Morgan fingerprint density at radius 1 is 1.35 bits per heavy atom. The molecule has 6 heteroatoms. The molecule has 2 rings (SSSR count). The van der Waals surface area contributed by atoms with Crippen molar-refractivity contribution >= 4 is 5.96 Å². The Morgan fingerprint density at radius 3 is 2.77 bits per heavy atom. The molecular formula is C20H33N3O3. The van der Waals surface area contributed by atoms with Gasteiger partial charge in [-0.25, -0.2) is 0 Å². The molecule has 0 saturated carbocycles. The highest BCUT2D eigenvalue weighted by molar-refractivity contribution is 5.80. The monoisotopic (exact) mass is 363 g/mol. The number of hydrogen-bond acceptors (Lipinski definition) is 4. The summed E-state index contributed by atoms with van der Waals surface area (Å²) in [6.45, 7) is 10.1. The lowest BCUT2D eigenvalue weighted by atomic mass is 10.1. The van der Waals surface area contributed by atoms with Crippen LogP contribution in [0.4, 0.5) is 0 Å². The van der Waals surface area contributed by atoms with E-state index < -0.39 is 6.10 Å². The van der Waals surface area contributed by atoms with Gasteiger partial charge in [0.15, 0.2) is 5.96 Å². The van der Waals surface area contributed by atoms with Crippen LogP contribution >= 0.6 is 0 Å². The van der Waals surface area contributed by atoms with Gasteiger partial charge >= 0.3 is 0 Å². The molecule has 0 amide bonds. The van der Waals surface area contributed by atoms with Crippen LogP contribution in [0.1, 0.15) is 32.3 Å². The van der Waals surface area contributed by atoms with Gasteiger partial charge in [-0.2, -0.15) is 0 Å². The molecule has 1 heterocycles. The molecule has 1 fully saturated rings. The summed E-state index contributed by atoms with van der Waals surface area (Å²) >= 11 is 0. The predicted molar refractivity (Wildman–Crippen MR) is 105 cm³/mol. The SMILES string of the molecule is CCNC(=NCC(O)COc1cccc(C)c1)N1CCC(OCC)CC1. The van der Waals surface area contributed by atoms with Gasteiger partial charge in [-0.05, 0) is 51.3 Å². The minimum Gasteiger partial charge on any atom is -0.491 e. The van der Waals surface area contributed by atoms with Gasteiger partial charge in [0, 0.05) is 26.2 Å². The third-order valence-corrected chi connectivity index (χ3v) is 4.36. The lowest BCUT2D eigenvalue weighted by Gasteiger charge is -2.34. The first kappa shape index (κ1) is 20.5. The number of ether oxygens (including phenoxy) is 2. The summed E-state index contributed by atoms with van der Waals surface area (Å²) in [5, 5.41) is 13.5. The molecule has 1 aromatic rings. The van der Waals surface area contributed by atoms with Gasteiger partial charge in [0.05, 0.1) is 12.6 Å². The van der Waals surface area contributed by atoms with Crippen LogP contribution in [0.5, 0.6) is 5.75 Å². The minimum atomic E-state index is -0.634. The van der Waals surface area contributed by atoms with E-state index in [1.165, 1.54) is 0 Å². The minimum absolute atomic E-state index is 0.235. The Hall–Kier alpha value is -1.79. The van der Waals surface area contributed by atoms with Crippen molar-refractivity contribution in [3.8, 4) is 5.75 Å². The van der Waals surface area contributed by atoms with Crippen molar-refractivity contribution in [3.05, 3.63) is 29.8 Å². The van der Waals surface area contributed by atoms with Crippen LogP contribution in [-0.2, 0) is 4.74 Å². The van der Waals surface area contributed by atoms with Crippen molar-refractivity contribution in [2.75, 3.05) is 39.4 Å². The maximum Gasteiger partial charge on any atom is 0.194 e.